The van der Waals surface area contributed by atoms with Crippen LogP contribution in [0.1, 0.15) is 0 Å². The number of halogens is 1. The number of alkyl halides is 1. The van der Waals surface area contributed by atoms with Gasteiger partial charge in [-0.25, -0.2) is 13.1 Å². The van der Waals surface area contributed by atoms with E-state index in [1.54, 1.807) is 18.2 Å². The molecule has 0 saturated carbocycles. The standard InChI is InChI=1S/C10H14ClNO3S/c1-15-8-9(11)7-12-16(13,14)10-5-3-2-4-6-10/h2-6,9,12H,7-8H2,1H3. The van der Waals surface area contributed by atoms with Crippen LogP contribution in [-0.4, -0.2) is 34.1 Å². The Labute approximate surface area is 101 Å². The Bertz CT molecular complexity index is 407. The molecule has 1 N–H and O–H groups in total. The maximum absolute atomic E-state index is 11.7. The Morgan fingerprint density at radius 1 is 1.38 bits per heavy atom. The number of hydrogen-bond donors (Lipinski definition) is 1. The summed E-state index contributed by atoms with van der Waals surface area (Å²) in [7, 11) is -1.95. The molecule has 0 heterocycles. The van der Waals surface area contributed by atoms with E-state index in [0.717, 1.165) is 0 Å². The van der Waals surface area contributed by atoms with Gasteiger partial charge in [0.1, 0.15) is 0 Å². The van der Waals surface area contributed by atoms with Crippen LogP contribution in [0, 0.1) is 0 Å². The summed E-state index contributed by atoms with van der Waals surface area (Å²) in [5.74, 6) is 0. The zero-order valence-corrected chi connectivity index (χ0v) is 10.5. The summed E-state index contributed by atoms with van der Waals surface area (Å²) in [5.41, 5.74) is 0. The molecule has 1 aromatic carbocycles. The summed E-state index contributed by atoms with van der Waals surface area (Å²) in [5, 5.41) is -0.372. The molecular weight excluding hydrogens is 250 g/mol. The smallest absolute Gasteiger partial charge is 0.240 e. The fraction of sp³-hybridized carbons (Fsp3) is 0.400. The van der Waals surface area contributed by atoms with E-state index in [0.29, 0.717) is 6.61 Å². The van der Waals surface area contributed by atoms with Crippen molar-refractivity contribution in [3.8, 4) is 0 Å². The molecule has 0 aliphatic rings. The Hall–Kier alpha value is -0.620. The molecule has 0 radical (unpaired) electrons. The molecule has 0 saturated heterocycles. The minimum atomic E-state index is -3.46. The molecule has 1 unspecified atom stereocenters. The molecule has 16 heavy (non-hydrogen) atoms. The van der Waals surface area contributed by atoms with E-state index in [1.807, 2.05) is 0 Å². The van der Waals surface area contributed by atoms with Gasteiger partial charge in [-0.15, -0.1) is 11.6 Å². The summed E-state index contributed by atoms with van der Waals surface area (Å²) in [6, 6.07) is 8.15. The Morgan fingerprint density at radius 2 is 2.00 bits per heavy atom. The van der Waals surface area contributed by atoms with Crippen LogP contribution in [0.25, 0.3) is 0 Å². The van der Waals surface area contributed by atoms with E-state index >= 15 is 0 Å². The minimum absolute atomic E-state index is 0.145. The molecular formula is C10H14ClNO3S. The van der Waals surface area contributed by atoms with Crippen LogP contribution < -0.4 is 4.72 Å². The first-order chi connectivity index (χ1) is 7.56. The van der Waals surface area contributed by atoms with Crippen molar-refractivity contribution >= 4 is 21.6 Å². The van der Waals surface area contributed by atoms with E-state index in [4.69, 9.17) is 16.3 Å². The van der Waals surface area contributed by atoms with Crippen LogP contribution in [0.3, 0.4) is 0 Å². The average molecular weight is 264 g/mol. The predicted molar refractivity (Wildman–Crippen MR) is 63.1 cm³/mol. The predicted octanol–water partition coefficient (Wildman–Crippen LogP) is 1.22. The number of hydrogen-bond acceptors (Lipinski definition) is 3. The van der Waals surface area contributed by atoms with Crippen LogP contribution in [0.15, 0.2) is 35.2 Å². The third kappa shape index (κ3) is 4.09. The molecule has 90 valence electrons. The van der Waals surface area contributed by atoms with Crippen molar-refractivity contribution < 1.29 is 13.2 Å². The number of ether oxygens (including phenoxy) is 1. The Kier molecular flexibility index (Phi) is 5.21. The highest BCUT2D eigenvalue weighted by atomic mass is 35.5. The van der Waals surface area contributed by atoms with E-state index < -0.39 is 10.0 Å². The third-order valence-electron chi connectivity index (χ3n) is 1.90. The zero-order valence-electron chi connectivity index (χ0n) is 8.89. The summed E-state index contributed by atoms with van der Waals surface area (Å²) < 4.78 is 30.7. The van der Waals surface area contributed by atoms with Crippen LogP contribution >= 0.6 is 11.6 Å². The molecule has 0 bridgehead atoms. The van der Waals surface area contributed by atoms with Crippen molar-refractivity contribution in [1.82, 2.24) is 4.72 Å². The first-order valence-corrected chi connectivity index (χ1v) is 6.66. The summed E-state index contributed by atoms with van der Waals surface area (Å²) in [6.07, 6.45) is 0. The van der Waals surface area contributed by atoms with Crippen molar-refractivity contribution in [3.63, 3.8) is 0 Å². The van der Waals surface area contributed by atoms with Crippen molar-refractivity contribution in [3.05, 3.63) is 30.3 Å². The summed E-state index contributed by atoms with van der Waals surface area (Å²) in [4.78, 5) is 0.233. The van der Waals surface area contributed by atoms with Gasteiger partial charge in [-0.1, -0.05) is 18.2 Å². The lowest BCUT2D eigenvalue weighted by molar-refractivity contribution is 0.198. The first-order valence-electron chi connectivity index (χ1n) is 4.74. The van der Waals surface area contributed by atoms with Gasteiger partial charge in [-0.3, -0.25) is 0 Å². The van der Waals surface area contributed by atoms with Gasteiger partial charge in [0.05, 0.1) is 16.9 Å². The fourth-order valence-electron chi connectivity index (χ4n) is 1.12. The van der Waals surface area contributed by atoms with E-state index in [2.05, 4.69) is 4.72 Å². The van der Waals surface area contributed by atoms with E-state index in [-0.39, 0.29) is 16.8 Å². The molecule has 0 aliphatic carbocycles. The Morgan fingerprint density at radius 3 is 2.56 bits per heavy atom. The Balaban J connectivity index is 2.60. The number of nitrogens with one attached hydrogen (secondary N) is 1. The van der Waals surface area contributed by atoms with Gasteiger partial charge in [0.15, 0.2) is 0 Å². The van der Waals surface area contributed by atoms with Gasteiger partial charge in [-0.2, -0.15) is 0 Å². The average Bonchev–Trinajstić information content (AvgIpc) is 2.28. The van der Waals surface area contributed by atoms with Crippen LogP contribution in [-0.2, 0) is 14.8 Å². The van der Waals surface area contributed by atoms with Gasteiger partial charge in [-0.05, 0) is 12.1 Å². The number of benzene rings is 1. The van der Waals surface area contributed by atoms with Gasteiger partial charge in [0, 0.05) is 13.7 Å². The number of sulfonamides is 1. The van der Waals surface area contributed by atoms with E-state index in [1.165, 1.54) is 19.2 Å². The van der Waals surface area contributed by atoms with Crippen molar-refractivity contribution in [2.45, 2.75) is 10.3 Å². The highest BCUT2D eigenvalue weighted by Gasteiger charge is 2.14. The first kappa shape index (κ1) is 13.4. The second-order valence-electron chi connectivity index (χ2n) is 3.22. The van der Waals surface area contributed by atoms with Crippen LogP contribution in [0.2, 0.25) is 0 Å². The lowest BCUT2D eigenvalue weighted by Crippen LogP contribution is -2.31. The number of rotatable bonds is 6. The highest BCUT2D eigenvalue weighted by Crippen LogP contribution is 2.07. The molecule has 0 fully saturated rings. The zero-order chi connectivity index (χ0) is 12.0. The third-order valence-corrected chi connectivity index (χ3v) is 3.62. The minimum Gasteiger partial charge on any atom is -0.383 e. The van der Waals surface area contributed by atoms with Crippen LogP contribution in [0.4, 0.5) is 0 Å². The lowest BCUT2D eigenvalue weighted by Gasteiger charge is -2.10. The van der Waals surface area contributed by atoms with Gasteiger partial charge in [0.25, 0.3) is 0 Å². The lowest BCUT2D eigenvalue weighted by atomic mass is 10.4. The van der Waals surface area contributed by atoms with Gasteiger partial charge >= 0.3 is 0 Å². The largest absolute Gasteiger partial charge is 0.383 e. The van der Waals surface area contributed by atoms with Crippen molar-refractivity contribution in [2.75, 3.05) is 20.3 Å². The molecule has 0 amide bonds. The second kappa shape index (κ2) is 6.20. The quantitative estimate of drug-likeness (QED) is 0.785. The molecule has 1 rings (SSSR count). The molecule has 6 heteroatoms. The molecule has 0 aliphatic heterocycles. The van der Waals surface area contributed by atoms with Crippen LogP contribution in [0.5, 0.6) is 0 Å². The normalized spacial score (nSPS) is 13.6. The molecule has 0 spiro atoms. The SMILES string of the molecule is COCC(Cl)CNS(=O)(=O)c1ccccc1. The van der Waals surface area contributed by atoms with E-state index in [9.17, 15) is 8.42 Å². The maximum atomic E-state index is 11.7. The van der Waals surface area contributed by atoms with Gasteiger partial charge < -0.3 is 4.74 Å². The molecule has 0 aromatic heterocycles. The fourth-order valence-corrected chi connectivity index (χ4v) is 2.52. The molecule has 1 atom stereocenters. The van der Waals surface area contributed by atoms with Crippen molar-refractivity contribution in [1.29, 1.82) is 0 Å². The summed E-state index contributed by atoms with van der Waals surface area (Å²) >= 11 is 5.82. The van der Waals surface area contributed by atoms with Gasteiger partial charge in [0.2, 0.25) is 10.0 Å². The molecule has 4 nitrogen and oxygen atoms in total. The monoisotopic (exact) mass is 263 g/mol. The number of methoxy groups -OCH3 is 1. The molecule has 1 aromatic rings. The second-order valence-corrected chi connectivity index (χ2v) is 5.60. The topological polar surface area (TPSA) is 55.4 Å². The van der Waals surface area contributed by atoms with Crippen molar-refractivity contribution in [2.24, 2.45) is 0 Å². The maximum Gasteiger partial charge on any atom is 0.240 e. The summed E-state index contributed by atoms with van der Waals surface area (Å²) in [6.45, 7) is 0.450. The highest BCUT2D eigenvalue weighted by molar-refractivity contribution is 7.89.